The number of imidazole rings is 1. The minimum Gasteiger partial charge on any atom is -0.330 e. The molecule has 0 aliphatic carbocycles. The lowest BCUT2D eigenvalue weighted by Crippen LogP contribution is -2.08. The molecule has 3 aromatic rings. The topological polar surface area (TPSA) is 34.9 Å². The molecule has 0 aliphatic heterocycles. The number of carbonyl (C=O) groups excluding carboxylic acids is 1. The first-order valence-corrected chi connectivity index (χ1v) is 6.78. The van der Waals surface area contributed by atoms with Crippen LogP contribution in [0.15, 0.2) is 55.1 Å². The molecule has 0 bridgehead atoms. The van der Waals surface area contributed by atoms with E-state index in [4.69, 9.17) is 0 Å². The zero-order valence-corrected chi connectivity index (χ0v) is 11.4. The molecular weight excluding hydrogens is 248 g/mol. The summed E-state index contributed by atoms with van der Waals surface area (Å²) in [6.45, 7) is 2.47. The van der Waals surface area contributed by atoms with Crippen molar-refractivity contribution in [3.05, 3.63) is 66.2 Å². The molecule has 0 saturated carbocycles. The highest BCUT2D eigenvalue weighted by Gasteiger charge is 2.07. The van der Waals surface area contributed by atoms with Crippen LogP contribution in [0, 0.1) is 0 Å². The van der Waals surface area contributed by atoms with Gasteiger partial charge in [0.1, 0.15) is 0 Å². The summed E-state index contributed by atoms with van der Waals surface area (Å²) in [5.41, 5.74) is 2.06. The van der Waals surface area contributed by atoms with Gasteiger partial charge in [0.25, 0.3) is 0 Å². The second kappa shape index (κ2) is 5.29. The summed E-state index contributed by atoms with van der Waals surface area (Å²) in [7, 11) is 0. The van der Waals surface area contributed by atoms with Gasteiger partial charge >= 0.3 is 0 Å². The summed E-state index contributed by atoms with van der Waals surface area (Å²) in [6, 6.07) is 12.3. The molecule has 20 heavy (non-hydrogen) atoms. The number of hydrogen-bond acceptors (Lipinski definition) is 2. The molecule has 3 nitrogen and oxygen atoms in total. The molecule has 2 aromatic carbocycles. The Hall–Kier alpha value is -2.42. The van der Waals surface area contributed by atoms with Crippen molar-refractivity contribution >= 4 is 16.6 Å². The van der Waals surface area contributed by atoms with Gasteiger partial charge in [-0.05, 0) is 28.8 Å². The van der Waals surface area contributed by atoms with Crippen molar-refractivity contribution in [3.63, 3.8) is 0 Å². The number of carbonyl (C=O) groups is 1. The van der Waals surface area contributed by atoms with Gasteiger partial charge < -0.3 is 4.57 Å². The number of benzene rings is 2. The van der Waals surface area contributed by atoms with Crippen LogP contribution in [0.25, 0.3) is 10.8 Å². The molecule has 1 aromatic heterocycles. The van der Waals surface area contributed by atoms with E-state index in [1.54, 1.807) is 23.3 Å². The number of rotatable bonds is 4. The number of aromatic nitrogens is 2. The average molecular weight is 264 g/mol. The van der Waals surface area contributed by atoms with Crippen LogP contribution in [0.4, 0.5) is 0 Å². The van der Waals surface area contributed by atoms with Crippen molar-refractivity contribution < 1.29 is 4.79 Å². The van der Waals surface area contributed by atoms with Crippen LogP contribution in [0.1, 0.15) is 22.8 Å². The van der Waals surface area contributed by atoms with Gasteiger partial charge in [-0.2, -0.15) is 0 Å². The molecule has 0 N–H and O–H groups in total. The third-order valence-electron chi connectivity index (χ3n) is 3.52. The predicted octanol–water partition coefficient (Wildman–Crippen LogP) is 3.48. The Morgan fingerprint density at radius 3 is 2.70 bits per heavy atom. The highest BCUT2D eigenvalue weighted by Crippen LogP contribution is 2.19. The third-order valence-corrected chi connectivity index (χ3v) is 3.52. The maximum Gasteiger partial charge on any atom is 0.182 e. The van der Waals surface area contributed by atoms with Crippen LogP contribution in [-0.4, -0.2) is 15.3 Å². The maximum atomic E-state index is 12.2. The summed E-state index contributed by atoms with van der Waals surface area (Å²) in [5.74, 6) is 0.101. The standard InChI is InChI=1S/C17H16N2O/c1-2-13-3-4-15-10-16(6-5-14(15)9-13)17(20)11-19-8-7-18-12-19/h3-10,12H,2,11H2,1H3. The fourth-order valence-corrected chi connectivity index (χ4v) is 2.33. The second-order valence-electron chi connectivity index (χ2n) is 4.91. The van der Waals surface area contributed by atoms with E-state index in [1.165, 1.54) is 10.9 Å². The number of aryl methyl sites for hydroxylation is 1. The van der Waals surface area contributed by atoms with Crippen molar-refractivity contribution in [1.82, 2.24) is 9.55 Å². The van der Waals surface area contributed by atoms with E-state index in [9.17, 15) is 4.79 Å². The molecule has 0 fully saturated rings. The lowest BCUT2D eigenvalue weighted by Gasteiger charge is -2.05. The molecule has 0 aliphatic rings. The lowest BCUT2D eigenvalue weighted by atomic mass is 10.0. The highest BCUT2D eigenvalue weighted by atomic mass is 16.1. The van der Waals surface area contributed by atoms with Crippen molar-refractivity contribution in [2.75, 3.05) is 0 Å². The van der Waals surface area contributed by atoms with E-state index in [0.29, 0.717) is 6.54 Å². The molecule has 0 amide bonds. The zero-order chi connectivity index (χ0) is 13.9. The van der Waals surface area contributed by atoms with Gasteiger partial charge in [0.2, 0.25) is 0 Å². The van der Waals surface area contributed by atoms with Gasteiger partial charge in [0.05, 0.1) is 12.9 Å². The number of hydrogen-bond donors (Lipinski definition) is 0. The largest absolute Gasteiger partial charge is 0.330 e. The van der Waals surface area contributed by atoms with Gasteiger partial charge in [0, 0.05) is 18.0 Å². The summed E-state index contributed by atoms with van der Waals surface area (Å²) >= 11 is 0. The zero-order valence-electron chi connectivity index (χ0n) is 11.4. The molecule has 3 rings (SSSR count). The molecule has 100 valence electrons. The van der Waals surface area contributed by atoms with Crippen LogP contribution in [0.5, 0.6) is 0 Å². The van der Waals surface area contributed by atoms with Gasteiger partial charge in [-0.25, -0.2) is 4.98 Å². The Kier molecular flexibility index (Phi) is 3.33. The van der Waals surface area contributed by atoms with E-state index in [0.717, 1.165) is 17.4 Å². The number of ketones is 1. The Morgan fingerprint density at radius 2 is 1.95 bits per heavy atom. The Morgan fingerprint density at radius 1 is 1.15 bits per heavy atom. The SMILES string of the molecule is CCc1ccc2cc(C(=O)Cn3ccnc3)ccc2c1. The molecule has 0 saturated heterocycles. The average Bonchev–Trinajstić information content (AvgIpc) is 2.99. The van der Waals surface area contributed by atoms with Crippen molar-refractivity contribution in [2.24, 2.45) is 0 Å². The number of nitrogens with zero attached hydrogens (tertiary/aromatic N) is 2. The Bertz CT molecular complexity index is 745. The Balaban J connectivity index is 1.90. The van der Waals surface area contributed by atoms with Crippen LogP contribution in [-0.2, 0) is 13.0 Å². The van der Waals surface area contributed by atoms with E-state index in [1.807, 2.05) is 18.2 Å². The van der Waals surface area contributed by atoms with E-state index in [-0.39, 0.29) is 5.78 Å². The van der Waals surface area contributed by atoms with Crippen LogP contribution >= 0.6 is 0 Å². The monoisotopic (exact) mass is 264 g/mol. The van der Waals surface area contributed by atoms with Crippen LogP contribution in [0.2, 0.25) is 0 Å². The Labute approximate surface area is 117 Å². The third kappa shape index (κ3) is 2.48. The predicted molar refractivity (Wildman–Crippen MR) is 79.9 cm³/mol. The second-order valence-corrected chi connectivity index (χ2v) is 4.91. The smallest absolute Gasteiger partial charge is 0.182 e. The quantitative estimate of drug-likeness (QED) is 0.676. The van der Waals surface area contributed by atoms with Crippen molar-refractivity contribution in [3.8, 4) is 0 Å². The first kappa shape index (κ1) is 12.6. The van der Waals surface area contributed by atoms with Gasteiger partial charge in [-0.15, -0.1) is 0 Å². The molecule has 0 spiro atoms. The summed E-state index contributed by atoms with van der Waals surface area (Å²) in [6.07, 6.45) is 6.16. The summed E-state index contributed by atoms with van der Waals surface area (Å²) in [5, 5.41) is 2.29. The molecule has 3 heteroatoms. The molecular formula is C17H16N2O. The summed E-state index contributed by atoms with van der Waals surface area (Å²) in [4.78, 5) is 16.2. The number of Topliss-reactive ketones (excluding diaryl/α,β-unsaturated/α-hetero) is 1. The molecule has 1 heterocycles. The molecule has 0 radical (unpaired) electrons. The van der Waals surface area contributed by atoms with E-state index >= 15 is 0 Å². The lowest BCUT2D eigenvalue weighted by molar-refractivity contribution is 0.0972. The van der Waals surface area contributed by atoms with Gasteiger partial charge in [-0.3, -0.25) is 4.79 Å². The summed E-state index contributed by atoms with van der Waals surface area (Å²) < 4.78 is 1.78. The van der Waals surface area contributed by atoms with Crippen molar-refractivity contribution in [1.29, 1.82) is 0 Å². The van der Waals surface area contributed by atoms with E-state index < -0.39 is 0 Å². The normalized spacial score (nSPS) is 10.8. The first-order valence-electron chi connectivity index (χ1n) is 6.78. The molecule has 0 atom stereocenters. The van der Waals surface area contributed by atoms with Gasteiger partial charge in [0.15, 0.2) is 5.78 Å². The maximum absolute atomic E-state index is 12.2. The van der Waals surface area contributed by atoms with Crippen LogP contribution in [0.3, 0.4) is 0 Å². The van der Waals surface area contributed by atoms with Crippen molar-refractivity contribution in [2.45, 2.75) is 19.9 Å². The molecule has 0 unspecified atom stereocenters. The fraction of sp³-hybridized carbons (Fsp3) is 0.176. The minimum absolute atomic E-state index is 0.101. The first-order chi connectivity index (χ1) is 9.76. The number of fused-ring (bicyclic) bond motifs is 1. The minimum atomic E-state index is 0.101. The van der Waals surface area contributed by atoms with E-state index in [2.05, 4.69) is 30.1 Å². The highest BCUT2D eigenvalue weighted by molar-refractivity contribution is 5.99. The van der Waals surface area contributed by atoms with Crippen LogP contribution < -0.4 is 0 Å². The van der Waals surface area contributed by atoms with Gasteiger partial charge in [-0.1, -0.05) is 37.3 Å². The fourth-order valence-electron chi connectivity index (χ4n) is 2.33.